The van der Waals surface area contributed by atoms with E-state index in [2.05, 4.69) is 63.9 Å². The molecule has 1 N–H and O–H groups in total. The van der Waals surface area contributed by atoms with Crippen LogP contribution >= 0.6 is 27.3 Å². The van der Waals surface area contributed by atoms with E-state index in [4.69, 9.17) is 0 Å². The molecule has 0 saturated heterocycles. The molecule has 1 fully saturated rings. The zero-order valence-corrected chi connectivity index (χ0v) is 14.1. The van der Waals surface area contributed by atoms with E-state index in [0.29, 0.717) is 6.04 Å². The number of hydrogen-bond acceptors (Lipinski definition) is 2. The summed E-state index contributed by atoms with van der Waals surface area (Å²) < 4.78 is 1.18. The molecule has 1 aliphatic rings. The second kappa shape index (κ2) is 6.31. The predicted molar refractivity (Wildman–Crippen MR) is 91.5 cm³/mol. The van der Waals surface area contributed by atoms with Crippen molar-refractivity contribution in [3.8, 4) is 0 Å². The molecule has 0 radical (unpaired) electrons. The minimum Gasteiger partial charge on any atom is -0.377 e. The number of halogens is 1. The summed E-state index contributed by atoms with van der Waals surface area (Å²) in [6.07, 6.45) is 5.46. The molecule has 3 heteroatoms. The van der Waals surface area contributed by atoms with Gasteiger partial charge in [0.15, 0.2) is 0 Å². The van der Waals surface area contributed by atoms with Crippen molar-refractivity contribution >= 4 is 33.0 Å². The van der Waals surface area contributed by atoms with Crippen molar-refractivity contribution in [3.63, 3.8) is 0 Å². The fourth-order valence-electron chi connectivity index (χ4n) is 3.04. The van der Waals surface area contributed by atoms with Crippen molar-refractivity contribution in [3.05, 3.63) is 50.6 Å². The van der Waals surface area contributed by atoms with Crippen LogP contribution in [0.3, 0.4) is 0 Å². The number of rotatable bonds is 4. The van der Waals surface area contributed by atoms with E-state index in [-0.39, 0.29) is 0 Å². The van der Waals surface area contributed by atoms with Crippen LogP contribution in [0.15, 0.2) is 40.2 Å². The number of benzene rings is 1. The van der Waals surface area contributed by atoms with Crippen LogP contribution in [-0.2, 0) is 0 Å². The van der Waals surface area contributed by atoms with Crippen LogP contribution in [-0.4, -0.2) is 0 Å². The molecule has 1 atom stereocenters. The van der Waals surface area contributed by atoms with E-state index < -0.39 is 0 Å². The fourth-order valence-corrected chi connectivity index (χ4v) is 4.29. The van der Waals surface area contributed by atoms with Gasteiger partial charge in [-0.25, -0.2) is 0 Å². The Kier molecular flexibility index (Phi) is 4.47. The lowest BCUT2D eigenvalue weighted by atomic mass is 9.96. The molecular formula is C17H20BrNS. The second-order valence-corrected chi connectivity index (χ2v) is 7.48. The summed E-state index contributed by atoms with van der Waals surface area (Å²) in [4.78, 5) is 1.47. The normalized spacial score (nSPS) is 17.3. The van der Waals surface area contributed by atoms with Gasteiger partial charge < -0.3 is 5.32 Å². The first kappa shape index (κ1) is 14.2. The van der Waals surface area contributed by atoms with Gasteiger partial charge in [-0.2, -0.15) is 0 Å². The van der Waals surface area contributed by atoms with Gasteiger partial charge in [-0.3, -0.25) is 0 Å². The lowest BCUT2D eigenvalue weighted by molar-refractivity contribution is 0.475. The van der Waals surface area contributed by atoms with Gasteiger partial charge in [0, 0.05) is 15.0 Å². The Morgan fingerprint density at radius 2 is 2.05 bits per heavy atom. The summed E-state index contributed by atoms with van der Waals surface area (Å²) in [7, 11) is 0. The van der Waals surface area contributed by atoms with E-state index >= 15 is 0 Å². The number of aryl methyl sites for hydroxylation is 1. The molecule has 0 amide bonds. The smallest absolute Gasteiger partial charge is 0.0634 e. The SMILES string of the molecule is Cc1ccc(NC(c2cccs2)C2CCCC2)cc1Br. The topological polar surface area (TPSA) is 12.0 Å². The van der Waals surface area contributed by atoms with Crippen LogP contribution in [0.4, 0.5) is 5.69 Å². The summed E-state index contributed by atoms with van der Waals surface area (Å²) in [5, 5.41) is 5.96. The second-order valence-electron chi connectivity index (χ2n) is 5.65. The van der Waals surface area contributed by atoms with Crippen molar-refractivity contribution in [2.45, 2.75) is 38.6 Å². The highest BCUT2D eigenvalue weighted by atomic mass is 79.9. The third-order valence-corrected chi connectivity index (χ3v) is 6.02. The van der Waals surface area contributed by atoms with Crippen LogP contribution in [0.5, 0.6) is 0 Å². The third kappa shape index (κ3) is 3.09. The van der Waals surface area contributed by atoms with Gasteiger partial charge in [0.1, 0.15) is 0 Å². The molecular weight excluding hydrogens is 330 g/mol. The van der Waals surface area contributed by atoms with Crippen LogP contribution in [0, 0.1) is 12.8 Å². The molecule has 20 heavy (non-hydrogen) atoms. The molecule has 1 aliphatic carbocycles. The third-order valence-electron chi connectivity index (χ3n) is 4.21. The number of nitrogens with one attached hydrogen (secondary N) is 1. The molecule has 1 heterocycles. The van der Waals surface area contributed by atoms with Gasteiger partial charge in [-0.05, 0) is 54.8 Å². The summed E-state index contributed by atoms with van der Waals surface area (Å²) in [5.41, 5.74) is 2.50. The molecule has 1 nitrogen and oxygen atoms in total. The standard InChI is InChI=1S/C17H20BrNS/c1-12-8-9-14(11-15(12)18)19-17(13-5-2-3-6-13)16-7-4-10-20-16/h4,7-11,13,17,19H,2-3,5-6H2,1H3. The summed E-state index contributed by atoms with van der Waals surface area (Å²) >= 11 is 5.50. The average molecular weight is 350 g/mol. The molecule has 1 unspecified atom stereocenters. The lowest BCUT2D eigenvalue weighted by Gasteiger charge is -2.25. The van der Waals surface area contributed by atoms with Crippen molar-refractivity contribution in [2.24, 2.45) is 5.92 Å². The molecule has 0 bridgehead atoms. The van der Waals surface area contributed by atoms with E-state index in [9.17, 15) is 0 Å². The Morgan fingerprint density at radius 3 is 2.70 bits per heavy atom. The van der Waals surface area contributed by atoms with Crippen molar-refractivity contribution in [2.75, 3.05) is 5.32 Å². The van der Waals surface area contributed by atoms with Crippen molar-refractivity contribution < 1.29 is 0 Å². The number of hydrogen-bond donors (Lipinski definition) is 1. The highest BCUT2D eigenvalue weighted by molar-refractivity contribution is 9.10. The van der Waals surface area contributed by atoms with Crippen molar-refractivity contribution in [1.29, 1.82) is 0 Å². The Hall–Kier alpha value is -0.800. The number of anilines is 1. The van der Waals surface area contributed by atoms with Gasteiger partial charge in [0.05, 0.1) is 6.04 Å². The summed E-state index contributed by atoms with van der Waals surface area (Å²) in [5.74, 6) is 0.772. The molecule has 0 spiro atoms. The molecule has 0 aliphatic heterocycles. The van der Waals surface area contributed by atoms with Crippen molar-refractivity contribution in [1.82, 2.24) is 0 Å². The fraction of sp³-hybridized carbons (Fsp3) is 0.412. The van der Waals surface area contributed by atoms with E-state index in [1.807, 2.05) is 11.3 Å². The molecule has 3 rings (SSSR count). The minimum atomic E-state index is 0.465. The van der Waals surface area contributed by atoms with E-state index in [0.717, 1.165) is 5.92 Å². The lowest BCUT2D eigenvalue weighted by Crippen LogP contribution is -2.18. The zero-order chi connectivity index (χ0) is 13.9. The van der Waals surface area contributed by atoms with Gasteiger partial charge >= 0.3 is 0 Å². The first-order chi connectivity index (χ1) is 9.74. The zero-order valence-electron chi connectivity index (χ0n) is 11.7. The largest absolute Gasteiger partial charge is 0.377 e. The average Bonchev–Trinajstić information content (AvgIpc) is 3.12. The maximum absolute atomic E-state index is 3.77. The first-order valence-electron chi connectivity index (χ1n) is 7.30. The van der Waals surface area contributed by atoms with Gasteiger partial charge in [-0.15, -0.1) is 11.3 Å². The minimum absolute atomic E-state index is 0.465. The van der Waals surface area contributed by atoms with Gasteiger partial charge in [0.2, 0.25) is 0 Å². The van der Waals surface area contributed by atoms with Gasteiger partial charge in [0.25, 0.3) is 0 Å². The molecule has 106 valence electrons. The quantitative estimate of drug-likeness (QED) is 0.696. The maximum Gasteiger partial charge on any atom is 0.0634 e. The number of thiophene rings is 1. The first-order valence-corrected chi connectivity index (χ1v) is 8.97. The van der Waals surface area contributed by atoms with Crippen LogP contribution < -0.4 is 5.32 Å². The van der Waals surface area contributed by atoms with Crippen LogP contribution in [0.25, 0.3) is 0 Å². The Balaban J connectivity index is 1.84. The molecule has 2 aromatic rings. The monoisotopic (exact) mass is 349 g/mol. The highest BCUT2D eigenvalue weighted by Gasteiger charge is 2.27. The summed E-state index contributed by atoms with van der Waals surface area (Å²) in [6, 6.07) is 11.5. The van der Waals surface area contributed by atoms with Crippen LogP contribution in [0.2, 0.25) is 0 Å². The van der Waals surface area contributed by atoms with E-state index in [1.165, 1.54) is 46.3 Å². The van der Waals surface area contributed by atoms with E-state index in [1.54, 1.807) is 0 Å². The molecule has 1 aromatic carbocycles. The molecule has 1 aromatic heterocycles. The highest BCUT2D eigenvalue weighted by Crippen LogP contribution is 2.39. The predicted octanol–water partition coefficient (Wildman–Crippen LogP) is 6.16. The maximum atomic E-state index is 3.77. The Labute approximate surface area is 133 Å². The summed E-state index contributed by atoms with van der Waals surface area (Å²) in [6.45, 7) is 2.13. The Morgan fingerprint density at radius 1 is 1.25 bits per heavy atom. The van der Waals surface area contributed by atoms with Gasteiger partial charge in [-0.1, -0.05) is 40.9 Å². The molecule has 1 saturated carbocycles. The Bertz CT molecular complexity index is 558. The van der Waals surface area contributed by atoms with Crippen LogP contribution in [0.1, 0.15) is 42.2 Å².